The molecule has 0 radical (unpaired) electrons. The maximum absolute atomic E-state index is 2.39. The Balaban J connectivity index is 1.76. The first kappa shape index (κ1) is 17.2. The molecule has 2 heterocycles. The lowest BCUT2D eigenvalue weighted by Gasteiger charge is -2.24. The second kappa shape index (κ2) is 6.66. The Morgan fingerprint density at radius 2 is 1.28 bits per heavy atom. The molecule has 0 saturated heterocycles. The van der Waals surface area contributed by atoms with Gasteiger partial charge < -0.3 is 0 Å². The van der Waals surface area contributed by atoms with Gasteiger partial charge in [0.25, 0.3) is 0 Å². The average Bonchev–Trinajstić information content (AvgIpc) is 3.30. The van der Waals surface area contributed by atoms with Crippen molar-refractivity contribution in [2.45, 2.75) is 6.16 Å². The largest absolute Gasteiger partial charge is 0.131 e. The van der Waals surface area contributed by atoms with E-state index in [0.29, 0.717) is 0 Å². The quantitative estimate of drug-likeness (QED) is 0.305. The predicted molar refractivity (Wildman–Crippen MR) is 130 cm³/mol. The maximum Gasteiger partial charge on any atom is 0.131 e. The summed E-state index contributed by atoms with van der Waals surface area (Å²) in [5, 5.41) is 6.06. The van der Waals surface area contributed by atoms with Crippen LogP contribution in [0.3, 0.4) is 0 Å². The summed E-state index contributed by atoms with van der Waals surface area (Å²) < 4.78 is 1.40. The fourth-order valence-corrected chi connectivity index (χ4v) is 11.4. The van der Waals surface area contributed by atoms with Crippen LogP contribution in [0.2, 0.25) is 0 Å². The van der Waals surface area contributed by atoms with E-state index in [1.807, 2.05) is 11.3 Å². The minimum absolute atomic E-state index is 1.07. The van der Waals surface area contributed by atoms with Crippen LogP contribution < -0.4 is 15.9 Å². The van der Waals surface area contributed by atoms with Gasteiger partial charge in [-0.25, -0.2) is 0 Å². The highest BCUT2D eigenvalue weighted by molar-refractivity contribution is 7.96. The van der Waals surface area contributed by atoms with E-state index in [2.05, 4.69) is 109 Å². The number of benzene rings is 4. The third-order valence-electron chi connectivity index (χ3n) is 5.97. The first-order valence-corrected chi connectivity index (χ1v) is 12.8. The van der Waals surface area contributed by atoms with Crippen molar-refractivity contribution >= 4 is 44.6 Å². The Hall–Kier alpha value is -2.73. The highest BCUT2D eigenvalue weighted by Crippen LogP contribution is 2.66. The summed E-state index contributed by atoms with van der Waals surface area (Å²) in [5.41, 5.74) is 2.86. The fourth-order valence-electron chi connectivity index (χ4n) is 4.78. The van der Waals surface area contributed by atoms with Crippen molar-refractivity contribution in [1.82, 2.24) is 0 Å². The fraction of sp³-hybridized carbons (Fsp3) is 0.0370. The normalized spacial score (nSPS) is 17.2. The minimum atomic E-state index is -1.79. The van der Waals surface area contributed by atoms with Crippen LogP contribution in [0.4, 0.5) is 0 Å². The monoisotopic (exact) mass is 407 g/mol. The molecule has 5 aromatic rings. The number of thiophene rings is 1. The summed E-state index contributed by atoms with van der Waals surface area (Å²) in [4.78, 5) is 1.48. The molecule has 4 aromatic carbocycles. The van der Waals surface area contributed by atoms with Gasteiger partial charge in [-0.3, -0.25) is 0 Å². The molecule has 6 rings (SSSR count). The van der Waals surface area contributed by atoms with Crippen molar-refractivity contribution in [3.63, 3.8) is 0 Å². The van der Waals surface area contributed by atoms with Gasteiger partial charge in [0.1, 0.15) is 23.2 Å². The van der Waals surface area contributed by atoms with Crippen LogP contribution in [-0.4, -0.2) is 0 Å². The first-order valence-electron chi connectivity index (χ1n) is 9.97. The third-order valence-corrected chi connectivity index (χ3v) is 11.8. The van der Waals surface area contributed by atoms with Crippen LogP contribution in [-0.2, 0) is 6.16 Å². The Bertz CT molecular complexity index is 1320. The van der Waals surface area contributed by atoms with Crippen LogP contribution >= 0.6 is 18.6 Å². The molecule has 0 saturated carbocycles. The summed E-state index contributed by atoms with van der Waals surface area (Å²) in [6.45, 7) is 0. The molecule has 29 heavy (non-hydrogen) atoms. The Labute approximate surface area is 175 Å². The van der Waals surface area contributed by atoms with E-state index < -0.39 is 7.26 Å². The van der Waals surface area contributed by atoms with E-state index in [9.17, 15) is 0 Å². The maximum atomic E-state index is 2.39. The molecule has 1 aliphatic heterocycles. The summed E-state index contributed by atoms with van der Waals surface area (Å²) in [7, 11) is -1.79. The second-order valence-electron chi connectivity index (χ2n) is 7.58. The van der Waals surface area contributed by atoms with Gasteiger partial charge >= 0.3 is 0 Å². The summed E-state index contributed by atoms with van der Waals surface area (Å²) in [6.07, 6.45) is 1.07. The molecule has 0 spiro atoms. The molecule has 0 bridgehead atoms. The zero-order valence-corrected chi connectivity index (χ0v) is 17.7. The minimum Gasteiger partial charge on any atom is -0.131 e. The van der Waals surface area contributed by atoms with E-state index in [1.54, 1.807) is 10.6 Å². The molecule has 0 N–H and O–H groups in total. The molecule has 138 valence electrons. The lowest BCUT2D eigenvalue weighted by atomic mass is 10.2. The van der Waals surface area contributed by atoms with E-state index >= 15 is 0 Å². The molecule has 0 aliphatic carbocycles. The highest BCUT2D eigenvalue weighted by Gasteiger charge is 2.55. The van der Waals surface area contributed by atoms with Gasteiger partial charge in [0, 0.05) is 15.6 Å². The van der Waals surface area contributed by atoms with Crippen molar-refractivity contribution < 1.29 is 0 Å². The number of fused-ring (bicyclic) bond motifs is 5. The lowest BCUT2D eigenvalue weighted by Crippen LogP contribution is -2.29. The molecule has 2 heteroatoms. The molecule has 1 atom stereocenters. The number of hydrogen-bond acceptors (Lipinski definition) is 1. The molecule has 1 aromatic heterocycles. The smallest absolute Gasteiger partial charge is 0.131 e. The summed E-state index contributed by atoms with van der Waals surface area (Å²) in [5.74, 6) is 0. The molecule has 0 nitrogen and oxygen atoms in total. The molecule has 1 aliphatic rings. The van der Waals surface area contributed by atoms with Gasteiger partial charge in [-0.15, -0.1) is 11.3 Å². The molecular weight excluding hydrogens is 387 g/mol. The third kappa shape index (κ3) is 2.48. The number of rotatable bonds is 3. The van der Waals surface area contributed by atoms with Gasteiger partial charge in [0.2, 0.25) is 0 Å². The van der Waals surface area contributed by atoms with Crippen molar-refractivity contribution in [3.05, 3.63) is 115 Å². The average molecular weight is 407 g/mol. The van der Waals surface area contributed by atoms with Crippen LogP contribution in [0.25, 0.3) is 20.5 Å². The van der Waals surface area contributed by atoms with E-state index in [-0.39, 0.29) is 0 Å². The van der Waals surface area contributed by atoms with Crippen molar-refractivity contribution in [2.24, 2.45) is 0 Å². The van der Waals surface area contributed by atoms with Gasteiger partial charge in [-0.2, -0.15) is 0 Å². The molecule has 1 unspecified atom stereocenters. The Morgan fingerprint density at radius 3 is 2.10 bits per heavy atom. The second-order valence-corrected chi connectivity index (χ2v) is 12.0. The van der Waals surface area contributed by atoms with Crippen LogP contribution in [0.5, 0.6) is 0 Å². The topological polar surface area (TPSA) is 0 Å². The van der Waals surface area contributed by atoms with E-state index in [4.69, 9.17) is 0 Å². The van der Waals surface area contributed by atoms with Gasteiger partial charge in [-0.05, 0) is 42.0 Å². The standard InChI is InChI=1S/C27H20PS/c1-3-11-20(12-4-1)19-28(21-13-5-2-6-14-21)24-17-9-7-15-22(24)27-26(28)23-16-8-10-18-25(23)29-27/h1-18H,19H2/q+1. The van der Waals surface area contributed by atoms with E-state index in [0.717, 1.165) is 6.16 Å². The van der Waals surface area contributed by atoms with Crippen molar-refractivity contribution in [1.29, 1.82) is 0 Å². The SMILES string of the molecule is c1ccc(C[P+]2(c3ccccc3)c3ccccc3-c3sc4ccccc4c32)cc1. The van der Waals surface area contributed by atoms with Gasteiger partial charge in [0.05, 0.1) is 11.0 Å². The van der Waals surface area contributed by atoms with Crippen molar-refractivity contribution in [3.8, 4) is 10.4 Å². The van der Waals surface area contributed by atoms with Gasteiger partial charge in [0.15, 0.2) is 0 Å². The summed E-state index contributed by atoms with van der Waals surface area (Å²) in [6, 6.07) is 40.4. The molecular formula is C27H20PS+. The van der Waals surface area contributed by atoms with Crippen LogP contribution in [0, 0.1) is 0 Å². The van der Waals surface area contributed by atoms with Crippen LogP contribution in [0.1, 0.15) is 5.56 Å². The first-order chi connectivity index (χ1) is 14.4. The highest BCUT2D eigenvalue weighted by atomic mass is 32.1. The lowest BCUT2D eigenvalue weighted by molar-refractivity contribution is 1.39. The zero-order chi connectivity index (χ0) is 19.3. The number of hydrogen-bond donors (Lipinski definition) is 0. The Morgan fingerprint density at radius 1 is 0.621 bits per heavy atom. The summed E-state index contributed by atoms with van der Waals surface area (Å²) >= 11 is 1.96. The molecule has 0 fully saturated rings. The van der Waals surface area contributed by atoms with E-state index in [1.165, 1.54) is 31.4 Å². The zero-order valence-electron chi connectivity index (χ0n) is 16.0. The van der Waals surface area contributed by atoms with Crippen LogP contribution in [0.15, 0.2) is 109 Å². The Kier molecular flexibility index (Phi) is 3.94. The van der Waals surface area contributed by atoms with Crippen molar-refractivity contribution in [2.75, 3.05) is 0 Å². The predicted octanol–water partition coefficient (Wildman–Crippen LogP) is 6.38. The van der Waals surface area contributed by atoms with Gasteiger partial charge in [-0.1, -0.05) is 72.8 Å². The molecule has 0 amide bonds.